The second kappa shape index (κ2) is 9.14. The molecule has 2 nitrogen and oxygen atoms in total. The highest BCUT2D eigenvalue weighted by Gasteiger charge is 2.07. The number of ether oxygens (including phenoxy) is 1. The van der Waals surface area contributed by atoms with Gasteiger partial charge in [-0.15, -0.1) is 0 Å². The average Bonchev–Trinajstić information content (AvgIpc) is 2.37. The van der Waals surface area contributed by atoms with Crippen molar-refractivity contribution < 1.29 is 4.74 Å². The van der Waals surface area contributed by atoms with Crippen LogP contribution in [0.15, 0.2) is 16.6 Å². The maximum absolute atomic E-state index is 6.09. The highest BCUT2D eigenvalue weighted by molar-refractivity contribution is 9.10. The van der Waals surface area contributed by atoms with Crippen molar-refractivity contribution in [1.29, 1.82) is 0 Å². The third-order valence-electron chi connectivity index (χ3n) is 3.00. The Morgan fingerprint density at radius 1 is 1.15 bits per heavy atom. The fourth-order valence-electron chi connectivity index (χ4n) is 1.77. The van der Waals surface area contributed by atoms with Crippen LogP contribution in [-0.2, 0) is 0 Å². The smallest absolute Gasteiger partial charge is 0.139 e. The third-order valence-corrected chi connectivity index (χ3v) is 4.50. The van der Waals surface area contributed by atoms with Crippen molar-refractivity contribution in [1.82, 2.24) is 5.32 Å². The Morgan fingerprint density at radius 3 is 2.50 bits per heavy atom. The Morgan fingerprint density at radius 2 is 1.85 bits per heavy atom. The maximum atomic E-state index is 6.09. The highest BCUT2D eigenvalue weighted by Crippen LogP contribution is 2.33. The summed E-state index contributed by atoms with van der Waals surface area (Å²) in [5.74, 6) is 1.37. The van der Waals surface area contributed by atoms with Gasteiger partial charge in [0.1, 0.15) is 12.4 Å². The second-order valence-corrected chi connectivity index (χ2v) is 7.04. The summed E-state index contributed by atoms with van der Waals surface area (Å²) >= 11 is 15.4. The molecule has 0 bridgehead atoms. The summed E-state index contributed by atoms with van der Waals surface area (Å²) in [6.45, 7) is 8.06. The van der Waals surface area contributed by atoms with Gasteiger partial charge in [0.2, 0.25) is 0 Å². The van der Waals surface area contributed by atoms with Crippen LogP contribution in [0.4, 0.5) is 0 Å². The van der Waals surface area contributed by atoms with Crippen LogP contribution in [0, 0.1) is 5.92 Å². The molecule has 114 valence electrons. The van der Waals surface area contributed by atoms with Gasteiger partial charge in [-0.05, 0) is 47.7 Å². The van der Waals surface area contributed by atoms with Crippen molar-refractivity contribution in [2.24, 2.45) is 5.92 Å². The van der Waals surface area contributed by atoms with Gasteiger partial charge in [-0.1, -0.05) is 37.0 Å². The van der Waals surface area contributed by atoms with Crippen molar-refractivity contribution in [3.8, 4) is 5.75 Å². The molecule has 0 heterocycles. The molecule has 0 fully saturated rings. The maximum Gasteiger partial charge on any atom is 0.139 e. The predicted octanol–water partition coefficient (Wildman–Crippen LogP) is 5.55. The Kier molecular flexibility index (Phi) is 8.27. The molecule has 0 spiro atoms. The van der Waals surface area contributed by atoms with E-state index in [-0.39, 0.29) is 0 Å². The van der Waals surface area contributed by atoms with Crippen LogP contribution >= 0.6 is 39.1 Å². The number of hydrogen-bond acceptors (Lipinski definition) is 2. The van der Waals surface area contributed by atoms with E-state index in [1.165, 1.54) is 12.8 Å². The minimum atomic E-state index is 0.505. The predicted molar refractivity (Wildman–Crippen MR) is 91.2 cm³/mol. The number of halogens is 3. The molecule has 5 heteroatoms. The molecule has 1 N–H and O–H groups in total. The first kappa shape index (κ1) is 18.1. The van der Waals surface area contributed by atoms with Crippen LogP contribution in [-0.4, -0.2) is 19.2 Å². The van der Waals surface area contributed by atoms with E-state index < -0.39 is 0 Å². The Labute approximate surface area is 140 Å². The van der Waals surface area contributed by atoms with E-state index in [2.05, 4.69) is 42.0 Å². The molecule has 0 amide bonds. The summed E-state index contributed by atoms with van der Waals surface area (Å²) in [5, 5.41) is 4.61. The van der Waals surface area contributed by atoms with Crippen LogP contribution in [0.3, 0.4) is 0 Å². The van der Waals surface area contributed by atoms with Gasteiger partial charge < -0.3 is 10.1 Å². The fourth-order valence-corrected chi connectivity index (χ4v) is 2.61. The molecule has 0 aromatic heterocycles. The van der Waals surface area contributed by atoms with Gasteiger partial charge in [0.15, 0.2) is 0 Å². The normalized spacial score (nSPS) is 12.8. The van der Waals surface area contributed by atoms with Crippen LogP contribution in [0.1, 0.15) is 33.6 Å². The van der Waals surface area contributed by atoms with E-state index in [1.54, 1.807) is 12.1 Å². The molecule has 1 unspecified atom stereocenters. The molecule has 1 atom stereocenters. The lowest BCUT2D eigenvalue weighted by Gasteiger charge is -2.15. The van der Waals surface area contributed by atoms with Gasteiger partial charge in [-0.2, -0.15) is 0 Å². The standard InChI is InChI=1S/C15H22BrCl2NO/c1-10(2)4-5-11(3)19-6-7-20-15-9-13(17)12(16)8-14(15)18/h8-11,19H,4-7H2,1-3H3. The van der Waals surface area contributed by atoms with Gasteiger partial charge in [-0.25, -0.2) is 0 Å². The molecule has 1 aromatic carbocycles. The van der Waals surface area contributed by atoms with E-state index in [0.29, 0.717) is 28.4 Å². The summed E-state index contributed by atoms with van der Waals surface area (Å²) in [6.07, 6.45) is 2.42. The van der Waals surface area contributed by atoms with Gasteiger partial charge in [-0.3, -0.25) is 0 Å². The van der Waals surface area contributed by atoms with Gasteiger partial charge in [0.25, 0.3) is 0 Å². The second-order valence-electron chi connectivity index (χ2n) is 5.37. The van der Waals surface area contributed by atoms with Crippen LogP contribution in [0.2, 0.25) is 10.0 Å². The number of rotatable bonds is 8. The summed E-state index contributed by atoms with van der Waals surface area (Å²) in [4.78, 5) is 0. The average molecular weight is 383 g/mol. The SMILES string of the molecule is CC(C)CCC(C)NCCOc1cc(Cl)c(Br)cc1Cl. The molecule has 0 saturated heterocycles. The molecule has 20 heavy (non-hydrogen) atoms. The van der Waals surface area contributed by atoms with Crippen molar-refractivity contribution in [3.05, 3.63) is 26.7 Å². The van der Waals surface area contributed by atoms with E-state index in [4.69, 9.17) is 27.9 Å². The monoisotopic (exact) mass is 381 g/mol. The lowest BCUT2D eigenvalue weighted by atomic mass is 10.0. The van der Waals surface area contributed by atoms with Crippen molar-refractivity contribution in [2.45, 2.75) is 39.7 Å². The van der Waals surface area contributed by atoms with Gasteiger partial charge in [0, 0.05) is 23.1 Å². The van der Waals surface area contributed by atoms with Gasteiger partial charge >= 0.3 is 0 Å². The van der Waals surface area contributed by atoms with Crippen LogP contribution in [0.5, 0.6) is 5.75 Å². The summed E-state index contributed by atoms with van der Waals surface area (Å²) in [5.41, 5.74) is 0. The van der Waals surface area contributed by atoms with Gasteiger partial charge in [0.05, 0.1) is 10.0 Å². The first-order valence-corrected chi connectivity index (χ1v) is 8.45. The third kappa shape index (κ3) is 6.66. The quantitative estimate of drug-likeness (QED) is 0.470. The summed E-state index contributed by atoms with van der Waals surface area (Å²) in [6, 6.07) is 3.98. The Balaban J connectivity index is 2.29. The molecule has 0 saturated carbocycles. The molecule has 0 aliphatic rings. The Bertz CT molecular complexity index is 427. The van der Waals surface area contributed by atoms with E-state index in [0.717, 1.165) is 16.9 Å². The molecule has 0 aliphatic carbocycles. The molecule has 0 radical (unpaired) electrons. The lowest BCUT2D eigenvalue weighted by Crippen LogP contribution is -2.30. The lowest BCUT2D eigenvalue weighted by molar-refractivity contribution is 0.303. The Hall–Kier alpha value is 0.0400. The number of benzene rings is 1. The molecule has 1 aromatic rings. The molecular formula is C15H22BrCl2NO. The molecular weight excluding hydrogens is 361 g/mol. The van der Waals surface area contributed by atoms with E-state index >= 15 is 0 Å². The van der Waals surface area contributed by atoms with E-state index in [9.17, 15) is 0 Å². The van der Waals surface area contributed by atoms with E-state index in [1.807, 2.05) is 0 Å². The van der Waals surface area contributed by atoms with Crippen LogP contribution < -0.4 is 10.1 Å². The highest BCUT2D eigenvalue weighted by atomic mass is 79.9. The zero-order valence-corrected chi connectivity index (χ0v) is 15.3. The first-order chi connectivity index (χ1) is 9.40. The number of nitrogens with one attached hydrogen (secondary N) is 1. The minimum Gasteiger partial charge on any atom is -0.491 e. The zero-order valence-electron chi connectivity index (χ0n) is 12.2. The number of hydrogen-bond donors (Lipinski definition) is 1. The van der Waals surface area contributed by atoms with Crippen LogP contribution in [0.25, 0.3) is 0 Å². The largest absolute Gasteiger partial charge is 0.491 e. The topological polar surface area (TPSA) is 21.3 Å². The zero-order chi connectivity index (χ0) is 15.1. The molecule has 0 aliphatic heterocycles. The fraction of sp³-hybridized carbons (Fsp3) is 0.600. The first-order valence-electron chi connectivity index (χ1n) is 6.91. The van der Waals surface area contributed by atoms with Crippen molar-refractivity contribution in [2.75, 3.05) is 13.2 Å². The molecule has 1 rings (SSSR count). The van der Waals surface area contributed by atoms with Crippen molar-refractivity contribution >= 4 is 39.1 Å². The summed E-state index contributed by atoms with van der Waals surface area (Å²) in [7, 11) is 0. The minimum absolute atomic E-state index is 0.505. The summed E-state index contributed by atoms with van der Waals surface area (Å²) < 4.78 is 6.42. The van der Waals surface area contributed by atoms with Crippen molar-refractivity contribution in [3.63, 3.8) is 0 Å².